The average molecular weight is 609 g/mol. The van der Waals surface area contributed by atoms with Crippen LogP contribution in [0, 0.1) is 6.92 Å². The van der Waals surface area contributed by atoms with Crippen LogP contribution in [0.15, 0.2) is 85.0 Å². The number of rotatable bonds is 3. The van der Waals surface area contributed by atoms with Gasteiger partial charge < -0.3 is 0 Å². The zero-order valence-electron chi connectivity index (χ0n) is 23.1. The molecule has 0 aliphatic heterocycles. The number of fused-ring (bicyclic) bond motifs is 3. The fourth-order valence-corrected chi connectivity index (χ4v) is 22.3. The van der Waals surface area contributed by atoms with Crippen LogP contribution in [0.1, 0.15) is 78.5 Å². The Balaban J connectivity index is 1.88. The standard InChI is InChI=1S/C21H25.C8H8.C5H5.2ClH.Zr/c1-20(2,3)16-7-9-18-14(12-16)11-15-13-17(21(4,5)6)8-10-19(15)18;1-7-3-5-8(2)6-4-7;1-2-4-5-3-1;;;/h7-13H,1-6H3;1,3-6H,2H3;1-5H;2*1H;/q;;;;;+2/p-2. The fraction of sp³-hybridized carbons (Fsp3) is 0.324. The molecule has 0 atom stereocenters. The molecule has 0 fully saturated rings. The Morgan fingerprint density at radius 3 is 1.57 bits per heavy atom. The molecule has 0 unspecified atom stereocenters. The maximum atomic E-state index is 8.19. The van der Waals surface area contributed by atoms with Crippen LogP contribution in [-0.2, 0) is 26.7 Å². The minimum atomic E-state index is -4.89. The molecule has 0 bridgehead atoms. The van der Waals surface area contributed by atoms with Gasteiger partial charge in [-0.05, 0) is 0 Å². The summed E-state index contributed by atoms with van der Waals surface area (Å²) in [6.07, 6.45) is 8.68. The van der Waals surface area contributed by atoms with Crippen LogP contribution in [-0.4, -0.2) is 3.71 Å². The number of allylic oxidation sites excluding steroid dienone is 4. The number of hydrogen-bond acceptors (Lipinski definition) is 0. The molecule has 0 spiro atoms. The van der Waals surface area contributed by atoms with E-state index >= 15 is 0 Å². The van der Waals surface area contributed by atoms with Crippen LogP contribution >= 0.6 is 17.0 Å². The predicted octanol–water partition coefficient (Wildman–Crippen LogP) is 10.4. The van der Waals surface area contributed by atoms with Gasteiger partial charge in [0.15, 0.2) is 0 Å². The van der Waals surface area contributed by atoms with Crippen molar-refractivity contribution in [3.63, 3.8) is 0 Å². The van der Waals surface area contributed by atoms with Gasteiger partial charge in [0, 0.05) is 0 Å². The van der Waals surface area contributed by atoms with Crippen molar-refractivity contribution < 1.29 is 15.9 Å². The first kappa shape index (κ1) is 27.1. The minimum absolute atomic E-state index is 0.0199. The van der Waals surface area contributed by atoms with Crippen molar-refractivity contribution in [1.29, 1.82) is 0 Å². The van der Waals surface area contributed by atoms with Gasteiger partial charge >= 0.3 is 233 Å². The quantitative estimate of drug-likeness (QED) is 0.278. The van der Waals surface area contributed by atoms with E-state index in [4.69, 9.17) is 17.0 Å². The zero-order chi connectivity index (χ0) is 26.8. The van der Waals surface area contributed by atoms with Crippen LogP contribution in [0.5, 0.6) is 0 Å². The molecule has 3 aromatic carbocycles. The second-order valence-electron chi connectivity index (χ2n) is 13.1. The molecule has 0 heterocycles. The molecule has 0 saturated carbocycles. The Labute approximate surface area is 231 Å². The fourth-order valence-electron chi connectivity index (χ4n) is 5.94. The van der Waals surface area contributed by atoms with E-state index in [0.29, 0.717) is 0 Å². The van der Waals surface area contributed by atoms with Gasteiger partial charge in [-0.1, -0.05) is 0 Å². The second kappa shape index (κ2) is 9.01. The van der Waals surface area contributed by atoms with Gasteiger partial charge in [0.1, 0.15) is 0 Å². The summed E-state index contributed by atoms with van der Waals surface area (Å²) in [5, 5.41) is 0. The molecular weight excluding hydrogens is 571 g/mol. The number of hydrogen-bond donors (Lipinski definition) is 0. The van der Waals surface area contributed by atoms with Crippen LogP contribution in [0.3, 0.4) is 0 Å². The maximum absolute atomic E-state index is 8.19. The monoisotopic (exact) mass is 606 g/mol. The van der Waals surface area contributed by atoms with Crippen molar-refractivity contribution in [3.05, 3.63) is 118 Å². The molecule has 0 nitrogen and oxygen atoms in total. The van der Waals surface area contributed by atoms with Gasteiger partial charge in [0.2, 0.25) is 0 Å². The molecule has 192 valence electrons. The molecule has 0 N–H and O–H groups in total. The van der Waals surface area contributed by atoms with E-state index in [9.17, 15) is 0 Å². The van der Waals surface area contributed by atoms with E-state index in [0.717, 1.165) is 5.56 Å². The molecule has 2 aliphatic carbocycles. The Bertz CT molecular complexity index is 1420. The topological polar surface area (TPSA) is 0 Å². The summed E-state index contributed by atoms with van der Waals surface area (Å²) in [4.78, 5) is 0. The van der Waals surface area contributed by atoms with Crippen LogP contribution in [0.25, 0.3) is 11.1 Å². The van der Waals surface area contributed by atoms with Gasteiger partial charge in [-0.3, -0.25) is 0 Å². The Hall–Kier alpha value is -1.53. The Morgan fingerprint density at radius 2 is 1.14 bits per heavy atom. The number of aryl methyl sites for hydroxylation is 1. The SMILES string of the molecule is Cc1ccc([CH]=[Zr]([Cl])([Cl])([CH]2C=CC=C2)[CH]2c3cc(C(C)(C)C)ccc3-c3ccc(C(C)(C)C)cc32)cc1. The van der Waals surface area contributed by atoms with Crippen LogP contribution < -0.4 is 0 Å². The first-order valence-corrected chi connectivity index (χ1v) is 23.9. The van der Waals surface area contributed by atoms with Crippen LogP contribution in [0.4, 0.5) is 0 Å². The molecule has 0 radical (unpaired) electrons. The number of halogens is 2. The van der Waals surface area contributed by atoms with Crippen molar-refractivity contribution in [2.24, 2.45) is 0 Å². The van der Waals surface area contributed by atoms with Crippen molar-refractivity contribution in [1.82, 2.24) is 0 Å². The van der Waals surface area contributed by atoms with Gasteiger partial charge in [-0.15, -0.1) is 0 Å². The Kier molecular flexibility index (Phi) is 6.59. The molecule has 3 heteroatoms. The third kappa shape index (κ3) is 4.75. The van der Waals surface area contributed by atoms with E-state index in [-0.39, 0.29) is 18.1 Å². The summed E-state index contributed by atoms with van der Waals surface area (Å²) in [5.74, 6) is 0. The molecule has 2 aliphatic rings. The summed E-state index contributed by atoms with van der Waals surface area (Å²) >= 11 is -4.89. The first-order chi connectivity index (χ1) is 17.2. The second-order valence-corrected chi connectivity index (χ2v) is 34.0. The molecule has 5 rings (SSSR count). The molecule has 0 amide bonds. The van der Waals surface area contributed by atoms with Crippen molar-refractivity contribution in [2.45, 2.75) is 66.5 Å². The van der Waals surface area contributed by atoms with E-state index in [1.54, 1.807) is 0 Å². The molecule has 37 heavy (non-hydrogen) atoms. The molecule has 3 aromatic rings. The normalized spacial score (nSPS) is 16.3. The molecule has 0 saturated heterocycles. The van der Waals surface area contributed by atoms with Crippen molar-refractivity contribution in [3.8, 4) is 11.1 Å². The van der Waals surface area contributed by atoms with E-state index in [1.807, 2.05) is 0 Å². The summed E-state index contributed by atoms with van der Waals surface area (Å²) < 4.78 is 2.29. The first-order valence-electron chi connectivity index (χ1n) is 13.3. The average Bonchev–Trinajstić information content (AvgIpc) is 3.46. The van der Waals surface area contributed by atoms with E-state index in [1.165, 1.54) is 38.9 Å². The van der Waals surface area contributed by atoms with Crippen molar-refractivity contribution in [2.75, 3.05) is 0 Å². The molecule has 0 aromatic heterocycles. The third-order valence-electron chi connectivity index (χ3n) is 8.20. The summed E-state index contributed by atoms with van der Waals surface area (Å²) in [6.45, 7) is 15.8. The van der Waals surface area contributed by atoms with E-state index < -0.39 is 15.9 Å². The van der Waals surface area contributed by atoms with Crippen molar-refractivity contribution >= 4 is 20.7 Å². The molecular formula is C34H38Cl2Zr. The predicted molar refractivity (Wildman–Crippen MR) is 161 cm³/mol. The van der Waals surface area contributed by atoms with E-state index in [2.05, 4.69) is 137 Å². The van der Waals surface area contributed by atoms with Gasteiger partial charge in [-0.25, -0.2) is 0 Å². The Morgan fingerprint density at radius 1 is 0.676 bits per heavy atom. The van der Waals surface area contributed by atoms with Gasteiger partial charge in [0.05, 0.1) is 0 Å². The van der Waals surface area contributed by atoms with Gasteiger partial charge in [0.25, 0.3) is 0 Å². The van der Waals surface area contributed by atoms with Crippen LogP contribution in [0.2, 0.25) is 3.63 Å². The summed E-state index contributed by atoms with van der Waals surface area (Å²) in [5.41, 5.74) is 10.2. The number of benzene rings is 3. The third-order valence-corrected chi connectivity index (χ3v) is 25.6. The van der Waals surface area contributed by atoms with Gasteiger partial charge in [-0.2, -0.15) is 0 Å². The summed E-state index contributed by atoms with van der Waals surface area (Å²) in [6, 6.07) is 22.6. The zero-order valence-corrected chi connectivity index (χ0v) is 27.0. The summed E-state index contributed by atoms with van der Waals surface area (Å²) in [7, 11) is 16.4.